The van der Waals surface area contributed by atoms with Crippen LogP contribution in [0.5, 0.6) is 0 Å². The van der Waals surface area contributed by atoms with Gasteiger partial charge in [0.25, 0.3) is 0 Å². The van der Waals surface area contributed by atoms with Crippen molar-refractivity contribution in [1.82, 2.24) is 10.2 Å². The molecule has 1 N–H and O–H groups in total. The Morgan fingerprint density at radius 3 is 2.45 bits per heavy atom. The zero-order chi connectivity index (χ0) is 15.1. The van der Waals surface area contributed by atoms with Gasteiger partial charge in [0.05, 0.1) is 0 Å². The third kappa shape index (κ3) is 6.25. The topological polar surface area (TPSA) is 18.5 Å². The van der Waals surface area contributed by atoms with E-state index in [1.165, 1.54) is 11.3 Å². The molecule has 0 aromatic heterocycles. The van der Waals surface area contributed by atoms with Crippen molar-refractivity contribution in [2.45, 2.75) is 20.4 Å². The van der Waals surface area contributed by atoms with Crippen LogP contribution in [0.2, 0.25) is 0 Å². The summed E-state index contributed by atoms with van der Waals surface area (Å²) < 4.78 is 1.14. The molecule has 1 aromatic rings. The third-order valence-electron chi connectivity index (χ3n) is 3.20. The largest absolute Gasteiger partial charge is 0.373 e. The highest BCUT2D eigenvalue weighted by Crippen LogP contribution is 2.23. The molecule has 0 aliphatic carbocycles. The Morgan fingerprint density at radius 2 is 1.85 bits per heavy atom. The number of rotatable bonds is 8. The highest BCUT2D eigenvalue weighted by atomic mass is 79.9. The van der Waals surface area contributed by atoms with E-state index in [1.807, 2.05) is 0 Å². The zero-order valence-corrected chi connectivity index (χ0v) is 15.0. The number of nitrogens with one attached hydrogen (secondary N) is 1. The summed E-state index contributed by atoms with van der Waals surface area (Å²) in [6, 6.07) is 6.54. The maximum absolute atomic E-state index is 3.57. The summed E-state index contributed by atoms with van der Waals surface area (Å²) in [5.74, 6) is 0.678. The van der Waals surface area contributed by atoms with Crippen LogP contribution in [0, 0.1) is 5.92 Å². The fourth-order valence-electron chi connectivity index (χ4n) is 2.03. The maximum atomic E-state index is 3.57. The highest BCUT2D eigenvalue weighted by Gasteiger charge is 2.08. The molecular weight excluding hydrogens is 314 g/mol. The molecule has 1 aromatic carbocycles. The lowest BCUT2D eigenvalue weighted by molar-refractivity contribution is 0.416. The minimum Gasteiger partial charge on any atom is -0.373 e. The monoisotopic (exact) mass is 341 g/mol. The average Bonchev–Trinajstić information content (AvgIpc) is 2.35. The van der Waals surface area contributed by atoms with Gasteiger partial charge in [-0.25, -0.2) is 0 Å². The molecule has 0 amide bonds. The van der Waals surface area contributed by atoms with Gasteiger partial charge in [0.15, 0.2) is 0 Å². The predicted molar refractivity (Wildman–Crippen MR) is 92.5 cm³/mol. The van der Waals surface area contributed by atoms with E-state index in [-0.39, 0.29) is 0 Å². The van der Waals surface area contributed by atoms with Crippen LogP contribution in [-0.4, -0.2) is 45.7 Å². The van der Waals surface area contributed by atoms with Crippen molar-refractivity contribution in [3.8, 4) is 0 Å². The standard InChI is InChI=1S/C16H28BrN3/c1-13(2)11-18-12-14-10-15(17)6-7-16(14)20(5)9-8-19(3)4/h6-7,10,13,18H,8-9,11-12H2,1-5H3. The SMILES string of the molecule is CC(C)CNCc1cc(Br)ccc1N(C)CCN(C)C. The van der Waals surface area contributed by atoms with Crippen LogP contribution in [-0.2, 0) is 6.54 Å². The van der Waals surface area contributed by atoms with Crippen LogP contribution in [0.25, 0.3) is 0 Å². The minimum absolute atomic E-state index is 0.678. The van der Waals surface area contributed by atoms with Gasteiger partial charge >= 0.3 is 0 Å². The van der Waals surface area contributed by atoms with Crippen LogP contribution < -0.4 is 10.2 Å². The summed E-state index contributed by atoms with van der Waals surface area (Å²) in [4.78, 5) is 4.55. The van der Waals surface area contributed by atoms with Crippen molar-refractivity contribution < 1.29 is 0 Å². The molecule has 0 aliphatic rings. The number of halogens is 1. The number of nitrogens with zero attached hydrogens (tertiary/aromatic N) is 2. The van der Waals surface area contributed by atoms with E-state index >= 15 is 0 Å². The average molecular weight is 342 g/mol. The van der Waals surface area contributed by atoms with Crippen molar-refractivity contribution in [3.63, 3.8) is 0 Å². The molecule has 0 fully saturated rings. The van der Waals surface area contributed by atoms with E-state index in [4.69, 9.17) is 0 Å². The summed E-state index contributed by atoms with van der Waals surface area (Å²) in [6.07, 6.45) is 0. The van der Waals surface area contributed by atoms with E-state index in [0.29, 0.717) is 5.92 Å². The first-order valence-corrected chi connectivity index (χ1v) is 8.04. The van der Waals surface area contributed by atoms with Gasteiger partial charge in [0.1, 0.15) is 0 Å². The van der Waals surface area contributed by atoms with Crippen molar-refractivity contribution in [2.24, 2.45) is 5.92 Å². The zero-order valence-electron chi connectivity index (χ0n) is 13.4. The van der Waals surface area contributed by atoms with Gasteiger partial charge < -0.3 is 15.1 Å². The van der Waals surface area contributed by atoms with Crippen molar-refractivity contribution in [2.75, 3.05) is 45.7 Å². The molecule has 0 spiro atoms. The molecule has 0 saturated heterocycles. The predicted octanol–water partition coefficient (Wildman–Crippen LogP) is 3.19. The van der Waals surface area contributed by atoms with E-state index in [2.05, 4.69) is 84.2 Å². The fraction of sp³-hybridized carbons (Fsp3) is 0.625. The molecule has 0 unspecified atom stereocenters. The first-order chi connectivity index (χ1) is 9.40. The van der Waals surface area contributed by atoms with Crippen LogP contribution in [0.1, 0.15) is 19.4 Å². The molecule has 0 radical (unpaired) electrons. The van der Waals surface area contributed by atoms with Gasteiger partial charge in [-0.3, -0.25) is 0 Å². The number of likely N-dealkylation sites (N-methyl/N-ethyl adjacent to an activating group) is 2. The molecule has 0 atom stereocenters. The smallest absolute Gasteiger partial charge is 0.0410 e. The fourth-order valence-corrected chi connectivity index (χ4v) is 2.44. The van der Waals surface area contributed by atoms with Crippen LogP contribution in [0.3, 0.4) is 0 Å². The minimum atomic E-state index is 0.678. The Labute approximate surface area is 132 Å². The third-order valence-corrected chi connectivity index (χ3v) is 3.70. The molecular formula is C16H28BrN3. The molecule has 0 aliphatic heterocycles. The van der Waals surface area contributed by atoms with E-state index < -0.39 is 0 Å². The maximum Gasteiger partial charge on any atom is 0.0410 e. The summed E-state index contributed by atoms with van der Waals surface area (Å²) in [6.45, 7) is 8.53. The molecule has 0 heterocycles. The summed E-state index contributed by atoms with van der Waals surface area (Å²) >= 11 is 3.57. The van der Waals surface area contributed by atoms with E-state index in [0.717, 1.165) is 30.7 Å². The molecule has 4 heteroatoms. The molecule has 114 valence electrons. The van der Waals surface area contributed by atoms with Gasteiger partial charge in [-0.1, -0.05) is 29.8 Å². The number of hydrogen-bond donors (Lipinski definition) is 1. The number of hydrogen-bond acceptors (Lipinski definition) is 3. The summed E-state index contributed by atoms with van der Waals surface area (Å²) in [5, 5.41) is 3.53. The van der Waals surface area contributed by atoms with Gasteiger partial charge in [-0.2, -0.15) is 0 Å². The second-order valence-electron chi connectivity index (χ2n) is 6.02. The van der Waals surface area contributed by atoms with E-state index in [1.54, 1.807) is 0 Å². The molecule has 20 heavy (non-hydrogen) atoms. The quantitative estimate of drug-likeness (QED) is 0.783. The second kappa shape index (κ2) is 8.65. The highest BCUT2D eigenvalue weighted by molar-refractivity contribution is 9.10. The Hall–Kier alpha value is -0.580. The number of anilines is 1. The second-order valence-corrected chi connectivity index (χ2v) is 6.94. The number of benzene rings is 1. The van der Waals surface area contributed by atoms with Crippen LogP contribution >= 0.6 is 15.9 Å². The lowest BCUT2D eigenvalue weighted by Gasteiger charge is -2.24. The van der Waals surface area contributed by atoms with Crippen LogP contribution in [0.15, 0.2) is 22.7 Å². The Balaban J connectivity index is 2.73. The lowest BCUT2D eigenvalue weighted by Crippen LogP contribution is -2.29. The first-order valence-electron chi connectivity index (χ1n) is 7.25. The molecule has 0 saturated carbocycles. The molecule has 3 nitrogen and oxygen atoms in total. The molecule has 0 bridgehead atoms. The van der Waals surface area contributed by atoms with Crippen molar-refractivity contribution in [1.29, 1.82) is 0 Å². The van der Waals surface area contributed by atoms with Gasteiger partial charge in [0, 0.05) is 36.8 Å². The van der Waals surface area contributed by atoms with Crippen molar-refractivity contribution >= 4 is 21.6 Å². The van der Waals surface area contributed by atoms with Crippen molar-refractivity contribution in [3.05, 3.63) is 28.2 Å². The Bertz CT molecular complexity index is 405. The Kier molecular flexibility index (Phi) is 7.56. The van der Waals surface area contributed by atoms with Gasteiger partial charge in [-0.05, 0) is 50.3 Å². The van der Waals surface area contributed by atoms with Gasteiger partial charge in [0.2, 0.25) is 0 Å². The van der Waals surface area contributed by atoms with Crippen LogP contribution in [0.4, 0.5) is 5.69 Å². The summed E-state index contributed by atoms with van der Waals surface area (Å²) in [5.41, 5.74) is 2.66. The Morgan fingerprint density at radius 1 is 1.15 bits per heavy atom. The first kappa shape index (κ1) is 17.5. The molecule has 1 rings (SSSR count). The summed E-state index contributed by atoms with van der Waals surface area (Å²) in [7, 11) is 6.39. The lowest BCUT2D eigenvalue weighted by atomic mass is 10.1. The normalized spacial score (nSPS) is 11.4. The van der Waals surface area contributed by atoms with Gasteiger partial charge in [-0.15, -0.1) is 0 Å². The van der Waals surface area contributed by atoms with E-state index in [9.17, 15) is 0 Å².